The van der Waals surface area contributed by atoms with E-state index in [-0.39, 0.29) is 16.9 Å². The molecule has 20 heavy (non-hydrogen) atoms. The standard InChI is InChI=1S/C12H11F2N3O2S/c1-7-6-20-11(16-7)5-15-10-3-2-8(17(18)19)4-9(10)12(13)14/h2-4,6,12,15H,5H2,1H3. The fourth-order valence-corrected chi connectivity index (χ4v) is 2.37. The number of anilines is 1. The Morgan fingerprint density at radius 3 is 2.80 bits per heavy atom. The lowest BCUT2D eigenvalue weighted by atomic mass is 10.1. The Hall–Kier alpha value is -2.09. The second-order valence-corrected chi connectivity index (χ2v) is 5.01. The van der Waals surface area contributed by atoms with E-state index in [0.29, 0.717) is 6.54 Å². The van der Waals surface area contributed by atoms with Crippen LogP contribution in [0.5, 0.6) is 0 Å². The quantitative estimate of drug-likeness (QED) is 0.671. The summed E-state index contributed by atoms with van der Waals surface area (Å²) in [6.07, 6.45) is -2.78. The summed E-state index contributed by atoms with van der Waals surface area (Å²) in [5.74, 6) is 0. The van der Waals surface area contributed by atoms with E-state index in [1.807, 2.05) is 12.3 Å². The number of nitro benzene ring substituents is 1. The number of aromatic nitrogens is 1. The molecule has 2 aromatic rings. The number of non-ortho nitro benzene ring substituents is 1. The highest BCUT2D eigenvalue weighted by Gasteiger charge is 2.18. The molecule has 0 aliphatic heterocycles. The molecule has 1 N–H and O–H groups in total. The number of hydrogen-bond acceptors (Lipinski definition) is 5. The van der Waals surface area contributed by atoms with Gasteiger partial charge in [-0.15, -0.1) is 11.3 Å². The summed E-state index contributed by atoms with van der Waals surface area (Å²) in [6, 6.07) is 3.38. The zero-order chi connectivity index (χ0) is 14.7. The molecule has 1 aromatic heterocycles. The maximum Gasteiger partial charge on any atom is 0.270 e. The van der Waals surface area contributed by atoms with E-state index in [2.05, 4.69) is 10.3 Å². The van der Waals surface area contributed by atoms with Crippen LogP contribution in [0.15, 0.2) is 23.6 Å². The van der Waals surface area contributed by atoms with Gasteiger partial charge in [-0.05, 0) is 13.0 Å². The van der Waals surface area contributed by atoms with Gasteiger partial charge in [-0.2, -0.15) is 0 Å². The highest BCUT2D eigenvalue weighted by molar-refractivity contribution is 7.09. The number of nitrogens with one attached hydrogen (secondary N) is 1. The minimum Gasteiger partial charge on any atom is -0.378 e. The average molecular weight is 299 g/mol. The SMILES string of the molecule is Cc1csc(CNc2ccc([N+](=O)[O-])cc2C(F)F)n1. The molecule has 106 valence electrons. The van der Waals surface area contributed by atoms with E-state index >= 15 is 0 Å². The molecule has 0 fully saturated rings. The van der Waals surface area contributed by atoms with Crippen molar-refractivity contribution in [2.24, 2.45) is 0 Å². The molecule has 1 aromatic carbocycles. The number of nitro groups is 1. The Morgan fingerprint density at radius 1 is 1.50 bits per heavy atom. The third kappa shape index (κ3) is 3.27. The smallest absolute Gasteiger partial charge is 0.270 e. The van der Waals surface area contributed by atoms with E-state index in [1.165, 1.54) is 23.5 Å². The number of aryl methyl sites for hydroxylation is 1. The molecular weight excluding hydrogens is 288 g/mol. The summed E-state index contributed by atoms with van der Waals surface area (Å²) < 4.78 is 25.9. The van der Waals surface area contributed by atoms with Crippen molar-refractivity contribution in [3.63, 3.8) is 0 Å². The number of alkyl halides is 2. The fraction of sp³-hybridized carbons (Fsp3) is 0.250. The molecule has 0 spiro atoms. The Bertz CT molecular complexity index is 631. The molecule has 8 heteroatoms. The summed E-state index contributed by atoms with van der Waals surface area (Å²) in [5.41, 5.74) is 0.312. The average Bonchev–Trinajstić information content (AvgIpc) is 2.81. The van der Waals surface area contributed by atoms with Gasteiger partial charge in [0.05, 0.1) is 11.5 Å². The van der Waals surface area contributed by atoms with Gasteiger partial charge in [0.15, 0.2) is 0 Å². The van der Waals surface area contributed by atoms with Crippen LogP contribution in [0.25, 0.3) is 0 Å². The van der Waals surface area contributed by atoms with Crippen LogP contribution in [0.3, 0.4) is 0 Å². The van der Waals surface area contributed by atoms with Gasteiger partial charge in [-0.1, -0.05) is 0 Å². The molecular formula is C12H11F2N3O2S. The zero-order valence-electron chi connectivity index (χ0n) is 10.5. The first kappa shape index (κ1) is 14.3. The largest absolute Gasteiger partial charge is 0.378 e. The lowest BCUT2D eigenvalue weighted by Crippen LogP contribution is -2.03. The Labute approximate surface area is 117 Å². The lowest BCUT2D eigenvalue weighted by Gasteiger charge is -2.10. The van der Waals surface area contributed by atoms with Gasteiger partial charge in [-0.25, -0.2) is 13.8 Å². The van der Waals surface area contributed by atoms with Gasteiger partial charge in [0, 0.05) is 34.5 Å². The molecule has 5 nitrogen and oxygen atoms in total. The molecule has 0 radical (unpaired) electrons. The van der Waals surface area contributed by atoms with Gasteiger partial charge >= 0.3 is 0 Å². The Balaban J connectivity index is 2.20. The van der Waals surface area contributed by atoms with Crippen LogP contribution in [-0.2, 0) is 6.54 Å². The monoisotopic (exact) mass is 299 g/mol. The molecule has 0 aliphatic carbocycles. The molecule has 0 saturated heterocycles. The van der Waals surface area contributed by atoms with E-state index in [4.69, 9.17) is 0 Å². The van der Waals surface area contributed by atoms with Gasteiger partial charge in [-0.3, -0.25) is 10.1 Å². The van der Waals surface area contributed by atoms with Crippen molar-refractivity contribution in [1.82, 2.24) is 4.98 Å². The third-order valence-corrected chi connectivity index (χ3v) is 3.54. The maximum atomic E-state index is 12.9. The summed E-state index contributed by atoms with van der Waals surface area (Å²) in [6.45, 7) is 2.15. The molecule has 0 atom stereocenters. The topological polar surface area (TPSA) is 68.1 Å². The molecule has 2 rings (SSSR count). The number of halogens is 2. The van der Waals surface area contributed by atoms with Crippen molar-refractivity contribution in [3.8, 4) is 0 Å². The molecule has 0 aliphatic rings. The van der Waals surface area contributed by atoms with Crippen molar-refractivity contribution in [2.45, 2.75) is 19.9 Å². The molecule has 1 heterocycles. The van der Waals surface area contributed by atoms with Gasteiger partial charge in [0.2, 0.25) is 0 Å². The van der Waals surface area contributed by atoms with Crippen molar-refractivity contribution >= 4 is 22.7 Å². The summed E-state index contributed by atoms with van der Waals surface area (Å²) in [7, 11) is 0. The second kappa shape index (κ2) is 5.91. The van der Waals surface area contributed by atoms with Crippen LogP contribution in [0.2, 0.25) is 0 Å². The normalized spacial score (nSPS) is 10.8. The number of thiazole rings is 1. The van der Waals surface area contributed by atoms with Gasteiger partial charge < -0.3 is 5.32 Å². The van der Waals surface area contributed by atoms with Crippen molar-refractivity contribution in [1.29, 1.82) is 0 Å². The molecule has 0 unspecified atom stereocenters. The number of rotatable bonds is 5. The zero-order valence-corrected chi connectivity index (χ0v) is 11.3. The number of nitrogens with zero attached hydrogens (tertiary/aromatic N) is 2. The first-order valence-electron chi connectivity index (χ1n) is 5.68. The summed E-state index contributed by atoms with van der Waals surface area (Å²) in [5, 5.41) is 16.1. The van der Waals surface area contributed by atoms with Crippen molar-refractivity contribution < 1.29 is 13.7 Å². The fourth-order valence-electron chi connectivity index (χ4n) is 1.66. The maximum absolute atomic E-state index is 12.9. The molecule has 0 saturated carbocycles. The van der Waals surface area contributed by atoms with E-state index in [1.54, 1.807) is 0 Å². The summed E-state index contributed by atoms with van der Waals surface area (Å²) in [4.78, 5) is 14.1. The van der Waals surface area contributed by atoms with E-state index in [9.17, 15) is 18.9 Å². The van der Waals surface area contributed by atoms with Crippen molar-refractivity contribution in [3.05, 3.63) is 50.0 Å². The first-order chi connectivity index (χ1) is 9.47. The van der Waals surface area contributed by atoms with Gasteiger partial charge in [0.25, 0.3) is 12.1 Å². The first-order valence-corrected chi connectivity index (χ1v) is 6.56. The molecule has 0 amide bonds. The highest BCUT2D eigenvalue weighted by Crippen LogP contribution is 2.31. The van der Waals surface area contributed by atoms with E-state index in [0.717, 1.165) is 16.8 Å². The Kier molecular flexibility index (Phi) is 4.23. The van der Waals surface area contributed by atoms with Crippen LogP contribution in [0.4, 0.5) is 20.2 Å². The Morgan fingerprint density at radius 2 is 2.25 bits per heavy atom. The second-order valence-electron chi connectivity index (χ2n) is 4.07. The predicted octanol–water partition coefficient (Wildman–Crippen LogP) is 3.91. The van der Waals surface area contributed by atoms with Crippen LogP contribution in [0, 0.1) is 17.0 Å². The lowest BCUT2D eigenvalue weighted by molar-refractivity contribution is -0.385. The van der Waals surface area contributed by atoms with Crippen LogP contribution >= 0.6 is 11.3 Å². The minimum absolute atomic E-state index is 0.179. The number of benzene rings is 1. The van der Waals surface area contributed by atoms with Crippen LogP contribution in [-0.4, -0.2) is 9.91 Å². The molecule has 0 bridgehead atoms. The minimum atomic E-state index is -2.78. The van der Waals surface area contributed by atoms with Crippen LogP contribution in [0.1, 0.15) is 22.7 Å². The number of hydrogen-bond donors (Lipinski definition) is 1. The summed E-state index contributed by atoms with van der Waals surface area (Å²) >= 11 is 1.42. The predicted molar refractivity (Wildman–Crippen MR) is 72.2 cm³/mol. The van der Waals surface area contributed by atoms with Gasteiger partial charge in [0.1, 0.15) is 5.01 Å². The van der Waals surface area contributed by atoms with Crippen molar-refractivity contribution in [2.75, 3.05) is 5.32 Å². The van der Waals surface area contributed by atoms with E-state index < -0.39 is 11.3 Å². The third-order valence-electron chi connectivity index (χ3n) is 2.58. The highest BCUT2D eigenvalue weighted by atomic mass is 32.1. The van der Waals surface area contributed by atoms with Crippen LogP contribution < -0.4 is 5.32 Å².